The third-order valence-corrected chi connectivity index (χ3v) is 3.57. The summed E-state index contributed by atoms with van der Waals surface area (Å²) < 4.78 is 11.5. The summed E-state index contributed by atoms with van der Waals surface area (Å²) in [5.41, 5.74) is 2.14. The Hall–Kier alpha value is -1.29. The molecule has 21 heavy (non-hydrogen) atoms. The van der Waals surface area contributed by atoms with E-state index < -0.39 is 0 Å². The molecule has 0 spiro atoms. The maximum atomic E-state index is 6.09. The highest BCUT2D eigenvalue weighted by molar-refractivity contribution is 6.31. The number of hydrogen-bond donors (Lipinski definition) is 1. The lowest BCUT2D eigenvalue weighted by Crippen LogP contribution is -2.21. The highest BCUT2D eigenvalue weighted by atomic mass is 35.5. The van der Waals surface area contributed by atoms with Gasteiger partial charge in [0.1, 0.15) is 18.1 Å². The Bertz CT molecular complexity index is 578. The zero-order valence-electron chi connectivity index (χ0n) is 12.8. The minimum absolute atomic E-state index is 0.439. The zero-order valence-corrected chi connectivity index (χ0v) is 13.5. The van der Waals surface area contributed by atoms with Crippen LogP contribution >= 0.6 is 11.6 Å². The molecule has 0 unspecified atom stereocenters. The van der Waals surface area contributed by atoms with Crippen LogP contribution in [0.5, 0.6) is 0 Å². The summed E-state index contributed by atoms with van der Waals surface area (Å²) in [4.78, 5) is 0. The number of benzene rings is 1. The third-order valence-electron chi connectivity index (χ3n) is 3.20. The first kappa shape index (κ1) is 16.1. The minimum Gasteiger partial charge on any atom is -0.462 e. The second-order valence-corrected chi connectivity index (χ2v) is 5.85. The van der Waals surface area contributed by atoms with Gasteiger partial charge in [-0.1, -0.05) is 43.6 Å². The van der Waals surface area contributed by atoms with Crippen molar-refractivity contribution in [3.05, 3.63) is 58.0 Å². The van der Waals surface area contributed by atoms with Gasteiger partial charge in [0.05, 0.1) is 13.2 Å². The van der Waals surface area contributed by atoms with Crippen molar-refractivity contribution in [2.24, 2.45) is 0 Å². The average molecular weight is 308 g/mol. The van der Waals surface area contributed by atoms with E-state index >= 15 is 0 Å². The average Bonchev–Trinajstić information content (AvgIpc) is 2.79. The van der Waals surface area contributed by atoms with Crippen LogP contribution in [-0.2, 0) is 24.5 Å². The van der Waals surface area contributed by atoms with Crippen LogP contribution in [0.4, 0.5) is 0 Å². The molecule has 0 fully saturated rings. The van der Waals surface area contributed by atoms with E-state index in [0.717, 1.165) is 34.2 Å². The van der Waals surface area contributed by atoms with E-state index in [1.54, 1.807) is 0 Å². The number of furan rings is 1. The van der Waals surface area contributed by atoms with Crippen molar-refractivity contribution in [2.75, 3.05) is 0 Å². The molecule has 0 atom stereocenters. The molecule has 114 valence electrons. The second-order valence-electron chi connectivity index (χ2n) is 5.44. The lowest BCUT2D eigenvalue weighted by Gasteiger charge is -2.06. The zero-order chi connectivity index (χ0) is 15.2. The fourth-order valence-electron chi connectivity index (χ4n) is 2.01. The first-order valence-electron chi connectivity index (χ1n) is 7.19. The Morgan fingerprint density at radius 1 is 1.24 bits per heavy atom. The number of aryl methyl sites for hydroxylation is 1. The van der Waals surface area contributed by atoms with Gasteiger partial charge in [0.25, 0.3) is 0 Å². The molecule has 0 saturated heterocycles. The lowest BCUT2D eigenvalue weighted by atomic mass is 10.2. The molecule has 3 nitrogen and oxygen atoms in total. The summed E-state index contributed by atoms with van der Waals surface area (Å²) in [5.74, 6) is 1.82. The maximum Gasteiger partial charge on any atom is 0.130 e. The van der Waals surface area contributed by atoms with Gasteiger partial charge in [-0.15, -0.1) is 0 Å². The van der Waals surface area contributed by atoms with Gasteiger partial charge in [-0.2, -0.15) is 0 Å². The molecule has 0 radical (unpaired) electrons. The van der Waals surface area contributed by atoms with Gasteiger partial charge in [0, 0.05) is 11.1 Å². The largest absolute Gasteiger partial charge is 0.462 e. The predicted octanol–water partition coefficient (Wildman–Crippen LogP) is 4.46. The quantitative estimate of drug-likeness (QED) is 0.820. The van der Waals surface area contributed by atoms with Crippen LogP contribution in [0.3, 0.4) is 0 Å². The van der Waals surface area contributed by atoms with Crippen molar-refractivity contribution in [2.45, 2.75) is 46.6 Å². The van der Waals surface area contributed by atoms with Crippen LogP contribution in [0.2, 0.25) is 5.02 Å². The Morgan fingerprint density at radius 2 is 2.00 bits per heavy atom. The Morgan fingerprint density at radius 3 is 2.71 bits per heavy atom. The summed E-state index contributed by atoms with van der Waals surface area (Å²) >= 11 is 6.09. The van der Waals surface area contributed by atoms with Crippen molar-refractivity contribution >= 4 is 11.6 Å². The van der Waals surface area contributed by atoms with Gasteiger partial charge in [-0.3, -0.25) is 0 Å². The van der Waals surface area contributed by atoms with E-state index in [9.17, 15) is 0 Å². The lowest BCUT2D eigenvalue weighted by molar-refractivity contribution is 0.0920. The normalized spacial score (nSPS) is 11.3. The molecule has 0 aliphatic heterocycles. The fourth-order valence-corrected chi connectivity index (χ4v) is 2.20. The number of halogens is 1. The van der Waals surface area contributed by atoms with Gasteiger partial charge in [-0.05, 0) is 30.2 Å². The number of hydrogen-bond acceptors (Lipinski definition) is 3. The van der Waals surface area contributed by atoms with Gasteiger partial charge in [-0.25, -0.2) is 0 Å². The molecule has 2 aromatic rings. The van der Waals surface area contributed by atoms with Crippen molar-refractivity contribution in [1.82, 2.24) is 5.32 Å². The number of rotatable bonds is 7. The molecule has 0 amide bonds. The Labute approximate surface area is 131 Å². The first-order valence-corrected chi connectivity index (χ1v) is 7.56. The molecule has 2 rings (SSSR count). The summed E-state index contributed by atoms with van der Waals surface area (Å²) in [6, 6.07) is 10.2. The van der Waals surface area contributed by atoms with Crippen LogP contribution in [0.1, 0.15) is 36.5 Å². The van der Waals surface area contributed by atoms with Crippen LogP contribution < -0.4 is 5.32 Å². The first-order chi connectivity index (χ1) is 10.1. The summed E-state index contributed by atoms with van der Waals surface area (Å²) in [6.45, 7) is 7.97. The second kappa shape index (κ2) is 7.64. The highest BCUT2D eigenvalue weighted by Gasteiger charge is 2.08. The monoisotopic (exact) mass is 307 g/mol. The molecule has 1 N–H and O–H groups in total. The minimum atomic E-state index is 0.439. The smallest absolute Gasteiger partial charge is 0.130 e. The summed E-state index contributed by atoms with van der Waals surface area (Å²) in [7, 11) is 0. The van der Waals surface area contributed by atoms with E-state index in [0.29, 0.717) is 19.3 Å². The topological polar surface area (TPSA) is 34.4 Å². The highest BCUT2D eigenvalue weighted by Crippen LogP contribution is 2.18. The molecular formula is C17H22ClNO2. The maximum absolute atomic E-state index is 6.09. The van der Waals surface area contributed by atoms with Crippen molar-refractivity contribution in [1.29, 1.82) is 0 Å². The number of nitrogens with one attached hydrogen (secondary N) is 1. The summed E-state index contributed by atoms with van der Waals surface area (Å²) in [5, 5.41) is 4.08. The molecule has 0 saturated carbocycles. The number of ether oxygens (including phenoxy) is 1. The SMILES string of the molecule is Cc1cc(COCc2ccccc2Cl)oc1CNC(C)C. The van der Waals surface area contributed by atoms with Crippen LogP contribution in [0, 0.1) is 6.92 Å². The fraction of sp³-hybridized carbons (Fsp3) is 0.412. The molecule has 4 heteroatoms. The van der Waals surface area contributed by atoms with Crippen LogP contribution in [0.15, 0.2) is 34.7 Å². The van der Waals surface area contributed by atoms with Gasteiger partial charge >= 0.3 is 0 Å². The molecule has 0 bridgehead atoms. The van der Waals surface area contributed by atoms with E-state index in [1.807, 2.05) is 30.3 Å². The van der Waals surface area contributed by atoms with Crippen LogP contribution in [-0.4, -0.2) is 6.04 Å². The summed E-state index contributed by atoms with van der Waals surface area (Å²) in [6.07, 6.45) is 0. The molecule has 1 aromatic heterocycles. The molecule has 0 aliphatic carbocycles. The van der Waals surface area contributed by atoms with Crippen molar-refractivity contribution in [3.8, 4) is 0 Å². The predicted molar refractivity (Wildman–Crippen MR) is 85.4 cm³/mol. The molecular weight excluding hydrogens is 286 g/mol. The van der Waals surface area contributed by atoms with E-state index in [1.165, 1.54) is 0 Å². The van der Waals surface area contributed by atoms with Gasteiger partial charge in [0.15, 0.2) is 0 Å². The van der Waals surface area contributed by atoms with E-state index in [2.05, 4.69) is 26.1 Å². The molecule has 1 heterocycles. The standard InChI is InChI=1S/C17H22ClNO2/c1-12(2)19-9-17-13(3)8-15(21-17)11-20-10-14-6-4-5-7-16(14)18/h4-8,12,19H,9-11H2,1-3H3. The van der Waals surface area contributed by atoms with E-state index in [-0.39, 0.29) is 0 Å². The van der Waals surface area contributed by atoms with Crippen LogP contribution in [0.25, 0.3) is 0 Å². The van der Waals surface area contributed by atoms with Crippen molar-refractivity contribution < 1.29 is 9.15 Å². The van der Waals surface area contributed by atoms with Gasteiger partial charge in [0.2, 0.25) is 0 Å². The molecule has 0 aliphatic rings. The van der Waals surface area contributed by atoms with Gasteiger partial charge < -0.3 is 14.5 Å². The van der Waals surface area contributed by atoms with Crippen molar-refractivity contribution in [3.63, 3.8) is 0 Å². The Balaban J connectivity index is 1.86. The van der Waals surface area contributed by atoms with E-state index in [4.69, 9.17) is 20.8 Å². The Kier molecular flexibility index (Phi) is 5.85. The molecule has 1 aromatic carbocycles. The third kappa shape index (κ3) is 4.88.